The molecule has 166 valence electrons. The zero-order chi connectivity index (χ0) is 22.7. The van der Waals surface area contributed by atoms with Crippen LogP contribution >= 0.6 is 0 Å². The highest BCUT2D eigenvalue weighted by Crippen LogP contribution is 2.35. The van der Waals surface area contributed by atoms with E-state index in [0.717, 1.165) is 28.3 Å². The molecule has 4 rings (SSSR count). The van der Waals surface area contributed by atoms with Crippen LogP contribution in [0.4, 0.5) is 5.69 Å². The summed E-state index contributed by atoms with van der Waals surface area (Å²) < 4.78 is 18.0. The van der Waals surface area contributed by atoms with E-state index in [4.69, 9.17) is 14.2 Å². The molecule has 2 N–H and O–H groups in total. The van der Waals surface area contributed by atoms with Gasteiger partial charge < -0.3 is 24.6 Å². The lowest BCUT2D eigenvalue weighted by Crippen LogP contribution is -2.10. The fourth-order valence-electron chi connectivity index (χ4n) is 3.55. The zero-order valence-electron chi connectivity index (χ0n) is 18.5. The summed E-state index contributed by atoms with van der Waals surface area (Å²) >= 11 is 0. The molecule has 0 spiro atoms. The van der Waals surface area contributed by atoms with Gasteiger partial charge in [0, 0.05) is 23.5 Å². The summed E-state index contributed by atoms with van der Waals surface area (Å²) in [4.78, 5) is 4.40. The van der Waals surface area contributed by atoms with E-state index in [1.165, 1.54) is 0 Å². The van der Waals surface area contributed by atoms with Crippen LogP contribution in [0.5, 0.6) is 17.2 Å². The van der Waals surface area contributed by atoms with Gasteiger partial charge in [0.05, 0.1) is 26.5 Å². The van der Waals surface area contributed by atoms with Crippen LogP contribution in [0.2, 0.25) is 0 Å². The number of methoxy groups -OCH3 is 2. The van der Waals surface area contributed by atoms with Crippen LogP contribution in [0.1, 0.15) is 24.4 Å². The van der Waals surface area contributed by atoms with Crippen molar-refractivity contribution in [1.82, 2.24) is 14.6 Å². The number of benzene rings is 2. The van der Waals surface area contributed by atoms with Crippen molar-refractivity contribution in [1.29, 1.82) is 0 Å². The van der Waals surface area contributed by atoms with Crippen LogP contribution in [0.3, 0.4) is 0 Å². The minimum atomic E-state index is -1.01. The molecular weight excluding hydrogens is 408 g/mol. The molecule has 2 heterocycles. The number of hydrogen-bond acceptors (Lipinski definition) is 7. The molecular formula is C24H26N4O4. The number of aromatic nitrogens is 3. The molecule has 0 amide bonds. The molecule has 8 heteroatoms. The van der Waals surface area contributed by atoms with Gasteiger partial charge >= 0.3 is 0 Å². The second-order valence-corrected chi connectivity index (χ2v) is 7.20. The lowest BCUT2D eigenvalue weighted by Gasteiger charge is -2.14. The standard InChI is InChI=1S/C24H26N4O4/c1-5-32-17-8-6-16(7-9-17)26-24(29)19-14-23-25-11-10-20(28(23)27-19)18-13-22(31-4)21(30-3)12-15(18)2/h6-14,24,26,29H,5H2,1-4H3. The summed E-state index contributed by atoms with van der Waals surface area (Å²) in [6, 6.07) is 14.9. The van der Waals surface area contributed by atoms with Crippen LogP contribution in [0, 0.1) is 6.92 Å². The van der Waals surface area contributed by atoms with Crippen molar-refractivity contribution in [3.63, 3.8) is 0 Å². The number of aliphatic hydroxyl groups excluding tert-OH is 1. The number of anilines is 1. The molecule has 0 aliphatic carbocycles. The Kier molecular flexibility index (Phi) is 6.13. The summed E-state index contributed by atoms with van der Waals surface area (Å²) in [6.45, 7) is 4.53. The maximum absolute atomic E-state index is 10.7. The highest BCUT2D eigenvalue weighted by atomic mass is 16.5. The molecule has 0 aliphatic rings. The Labute approximate surface area is 186 Å². The fourth-order valence-corrected chi connectivity index (χ4v) is 3.55. The molecule has 2 aromatic heterocycles. The van der Waals surface area contributed by atoms with Gasteiger partial charge in [-0.3, -0.25) is 0 Å². The van der Waals surface area contributed by atoms with Crippen LogP contribution in [0.25, 0.3) is 16.9 Å². The van der Waals surface area contributed by atoms with E-state index in [1.807, 2.05) is 56.3 Å². The number of aliphatic hydroxyl groups is 1. The van der Waals surface area contributed by atoms with E-state index in [1.54, 1.807) is 31.0 Å². The first kappa shape index (κ1) is 21.5. The van der Waals surface area contributed by atoms with Crippen LogP contribution < -0.4 is 19.5 Å². The first-order chi connectivity index (χ1) is 15.5. The smallest absolute Gasteiger partial charge is 0.170 e. The monoisotopic (exact) mass is 434 g/mol. The minimum Gasteiger partial charge on any atom is -0.494 e. The van der Waals surface area contributed by atoms with Gasteiger partial charge in [0.2, 0.25) is 0 Å². The van der Waals surface area contributed by atoms with Gasteiger partial charge in [-0.25, -0.2) is 9.50 Å². The number of nitrogens with one attached hydrogen (secondary N) is 1. The van der Waals surface area contributed by atoms with Crippen LogP contribution in [0.15, 0.2) is 54.7 Å². The Morgan fingerprint density at radius 2 is 1.75 bits per heavy atom. The van der Waals surface area contributed by atoms with Crippen molar-refractivity contribution in [2.24, 2.45) is 0 Å². The topological polar surface area (TPSA) is 90.1 Å². The molecule has 0 bridgehead atoms. The molecule has 1 unspecified atom stereocenters. The molecule has 0 fully saturated rings. The summed E-state index contributed by atoms with van der Waals surface area (Å²) in [6.07, 6.45) is 0.715. The predicted molar refractivity (Wildman–Crippen MR) is 122 cm³/mol. The summed E-state index contributed by atoms with van der Waals surface area (Å²) in [5.41, 5.74) is 4.59. The highest BCUT2D eigenvalue weighted by Gasteiger charge is 2.17. The van der Waals surface area contributed by atoms with Gasteiger partial charge in [-0.15, -0.1) is 0 Å². The fraction of sp³-hybridized carbons (Fsp3) is 0.250. The molecule has 0 aliphatic heterocycles. The Morgan fingerprint density at radius 1 is 1.03 bits per heavy atom. The highest BCUT2D eigenvalue weighted by molar-refractivity contribution is 5.70. The molecule has 1 atom stereocenters. The summed E-state index contributed by atoms with van der Waals surface area (Å²) in [7, 11) is 3.22. The third kappa shape index (κ3) is 4.17. The average molecular weight is 434 g/mol. The number of fused-ring (bicyclic) bond motifs is 1. The average Bonchev–Trinajstić information content (AvgIpc) is 3.25. The first-order valence-corrected chi connectivity index (χ1v) is 10.3. The van der Waals surface area contributed by atoms with E-state index >= 15 is 0 Å². The summed E-state index contributed by atoms with van der Waals surface area (Å²) in [5.74, 6) is 2.07. The van der Waals surface area contributed by atoms with Gasteiger partial charge in [0.25, 0.3) is 0 Å². The number of rotatable bonds is 8. The van der Waals surface area contributed by atoms with Gasteiger partial charge in [-0.1, -0.05) is 0 Å². The zero-order valence-corrected chi connectivity index (χ0v) is 18.5. The second-order valence-electron chi connectivity index (χ2n) is 7.20. The molecule has 8 nitrogen and oxygen atoms in total. The van der Waals surface area contributed by atoms with Crippen LogP contribution in [-0.2, 0) is 0 Å². The Balaban J connectivity index is 1.66. The Morgan fingerprint density at radius 3 is 2.44 bits per heavy atom. The van der Waals surface area contributed by atoms with Crippen molar-refractivity contribution < 1.29 is 19.3 Å². The van der Waals surface area contributed by atoms with E-state index < -0.39 is 6.23 Å². The SMILES string of the molecule is CCOc1ccc(NC(O)c2cc3nccc(-c4cc(OC)c(OC)cc4C)n3n2)cc1. The van der Waals surface area contributed by atoms with E-state index in [2.05, 4.69) is 15.4 Å². The van der Waals surface area contributed by atoms with Crippen molar-refractivity contribution in [2.75, 3.05) is 26.1 Å². The Bertz CT molecular complexity index is 1220. The lowest BCUT2D eigenvalue weighted by molar-refractivity contribution is 0.203. The molecule has 4 aromatic rings. The van der Waals surface area contributed by atoms with Gasteiger partial charge in [-0.05, 0) is 61.9 Å². The molecule has 0 saturated heterocycles. The van der Waals surface area contributed by atoms with Gasteiger partial charge in [0.15, 0.2) is 23.4 Å². The van der Waals surface area contributed by atoms with Gasteiger partial charge in [0.1, 0.15) is 11.4 Å². The minimum absolute atomic E-state index is 0.456. The maximum atomic E-state index is 10.7. The molecule has 2 aromatic carbocycles. The largest absolute Gasteiger partial charge is 0.494 e. The number of hydrogen-bond donors (Lipinski definition) is 2. The van der Waals surface area contributed by atoms with E-state index in [0.29, 0.717) is 29.4 Å². The van der Waals surface area contributed by atoms with Crippen molar-refractivity contribution in [3.8, 4) is 28.5 Å². The number of nitrogens with zero attached hydrogens (tertiary/aromatic N) is 3. The molecule has 0 radical (unpaired) electrons. The predicted octanol–water partition coefficient (Wildman–Crippen LogP) is 4.22. The van der Waals surface area contributed by atoms with Crippen LogP contribution in [-0.4, -0.2) is 40.5 Å². The third-order valence-electron chi connectivity index (χ3n) is 5.13. The maximum Gasteiger partial charge on any atom is 0.170 e. The normalized spacial score (nSPS) is 11.9. The van der Waals surface area contributed by atoms with Gasteiger partial charge in [-0.2, -0.15) is 5.10 Å². The van der Waals surface area contributed by atoms with E-state index in [-0.39, 0.29) is 0 Å². The summed E-state index contributed by atoms with van der Waals surface area (Å²) in [5, 5.41) is 18.4. The second kappa shape index (κ2) is 9.15. The number of aryl methyl sites for hydroxylation is 1. The molecule has 32 heavy (non-hydrogen) atoms. The van der Waals surface area contributed by atoms with Crippen molar-refractivity contribution in [3.05, 3.63) is 66.0 Å². The Hall–Kier alpha value is -3.78. The van der Waals surface area contributed by atoms with Crippen molar-refractivity contribution in [2.45, 2.75) is 20.1 Å². The molecule has 0 saturated carbocycles. The lowest BCUT2D eigenvalue weighted by atomic mass is 10.0. The first-order valence-electron chi connectivity index (χ1n) is 10.3. The quantitative estimate of drug-likeness (QED) is 0.401. The van der Waals surface area contributed by atoms with E-state index in [9.17, 15) is 5.11 Å². The third-order valence-corrected chi connectivity index (χ3v) is 5.13. The number of ether oxygens (including phenoxy) is 3. The van der Waals surface area contributed by atoms with Crippen molar-refractivity contribution >= 4 is 11.3 Å².